The maximum Gasteiger partial charge on any atom is 0.322 e. The SMILES string of the molecule is CCNc1nc(NCC(C)CO)nc(OC)n1. The first-order chi connectivity index (χ1) is 8.19. The maximum absolute atomic E-state index is 8.92. The number of methoxy groups -OCH3 is 1. The lowest BCUT2D eigenvalue weighted by molar-refractivity contribution is 0.244. The van der Waals surface area contributed by atoms with Crippen molar-refractivity contribution >= 4 is 11.9 Å². The molecule has 1 aromatic heterocycles. The number of nitrogens with one attached hydrogen (secondary N) is 2. The predicted molar refractivity (Wildman–Crippen MR) is 65.3 cm³/mol. The van der Waals surface area contributed by atoms with Crippen LogP contribution in [0.5, 0.6) is 6.01 Å². The van der Waals surface area contributed by atoms with Crippen molar-refractivity contribution in [2.24, 2.45) is 5.92 Å². The minimum absolute atomic E-state index is 0.120. The van der Waals surface area contributed by atoms with Crippen molar-refractivity contribution in [1.29, 1.82) is 0 Å². The Morgan fingerprint density at radius 3 is 2.41 bits per heavy atom. The molecule has 0 saturated heterocycles. The van der Waals surface area contributed by atoms with Crippen LogP contribution in [0.15, 0.2) is 0 Å². The van der Waals surface area contributed by atoms with Gasteiger partial charge in [-0.05, 0) is 12.8 Å². The molecule has 1 aromatic rings. The molecule has 1 unspecified atom stereocenters. The van der Waals surface area contributed by atoms with Crippen molar-refractivity contribution < 1.29 is 9.84 Å². The van der Waals surface area contributed by atoms with Gasteiger partial charge in [0.15, 0.2) is 0 Å². The molecule has 1 rings (SSSR count). The third-order valence-corrected chi connectivity index (χ3v) is 2.05. The molecule has 7 nitrogen and oxygen atoms in total. The molecule has 0 aliphatic rings. The second-order valence-electron chi connectivity index (χ2n) is 3.67. The normalized spacial score (nSPS) is 12.0. The van der Waals surface area contributed by atoms with Crippen LogP contribution in [0.3, 0.4) is 0 Å². The van der Waals surface area contributed by atoms with E-state index in [9.17, 15) is 0 Å². The summed E-state index contributed by atoms with van der Waals surface area (Å²) in [6.07, 6.45) is 0. The number of anilines is 2. The zero-order valence-electron chi connectivity index (χ0n) is 10.4. The summed E-state index contributed by atoms with van der Waals surface area (Å²) in [4.78, 5) is 12.3. The molecule has 0 fully saturated rings. The Balaban J connectivity index is 2.72. The van der Waals surface area contributed by atoms with Crippen LogP contribution in [0.25, 0.3) is 0 Å². The van der Waals surface area contributed by atoms with E-state index in [4.69, 9.17) is 9.84 Å². The Morgan fingerprint density at radius 1 is 1.24 bits per heavy atom. The van der Waals surface area contributed by atoms with Gasteiger partial charge in [0.25, 0.3) is 0 Å². The first-order valence-electron chi connectivity index (χ1n) is 5.58. The fourth-order valence-electron chi connectivity index (χ4n) is 1.09. The number of hydrogen-bond acceptors (Lipinski definition) is 7. The van der Waals surface area contributed by atoms with Crippen LogP contribution in [0.2, 0.25) is 0 Å². The minimum atomic E-state index is 0.120. The monoisotopic (exact) mass is 241 g/mol. The van der Waals surface area contributed by atoms with Gasteiger partial charge >= 0.3 is 6.01 Å². The molecular formula is C10H19N5O2. The Morgan fingerprint density at radius 2 is 1.88 bits per heavy atom. The van der Waals surface area contributed by atoms with Crippen LogP contribution in [0, 0.1) is 5.92 Å². The van der Waals surface area contributed by atoms with E-state index in [-0.39, 0.29) is 18.5 Å². The molecule has 0 amide bonds. The number of aliphatic hydroxyl groups is 1. The van der Waals surface area contributed by atoms with Crippen LogP contribution < -0.4 is 15.4 Å². The summed E-state index contributed by atoms with van der Waals surface area (Å²) in [6, 6.07) is 0.259. The molecule has 0 radical (unpaired) electrons. The van der Waals surface area contributed by atoms with Crippen molar-refractivity contribution in [2.75, 3.05) is 37.4 Å². The summed E-state index contributed by atoms with van der Waals surface area (Å²) in [5, 5.41) is 14.9. The van der Waals surface area contributed by atoms with Gasteiger partial charge in [-0.25, -0.2) is 0 Å². The van der Waals surface area contributed by atoms with E-state index in [2.05, 4.69) is 25.6 Å². The van der Waals surface area contributed by atoms with E-state index < -0.39 is 0 Å². The van der Waals surface area contributed by atoms with Crippen LogP contribution >= 0.6 is 0 Å². The zero-order chi connectivity index (χ0) is 12.7. The van der Waals surface area contributed by atoms with E-state index in [1.807, 2.05) is 13.8 Å². The second kappa shape index (κ2) is 6.85. The molecule has 96 valence electrons. The molecule has 0 aliphatic carbocycles. The molecule has 0 aromatic carbocycles. The van der Waals surface area contributed by atoms with E-state index in [0.29, 0.717) is 18.4 Å². The van der Waals surface area contributed by atoms with Crippen molar-refractivity contribution in [3.8, 4) is 6.01 Å². The lowest BCUT2D eigenvalue weighted by Crippen LogP contribution is -2.17. The van der Waals surface area contributed by atoms with E-state index in [1.54, 1.807) is 0 Å². The minimum Gasteiger partial charge on any atom is -0.467 e. The van der Waals surface area contributed by atoms with Gasteiger partial charge in [0.2, 0.25) is 11.9 Å². The second-order valence-corrected chi connectivity index (χ2v) is 3.67. The quantitative estimate of drug-likeness (QED) is 0.634. The van der Waals surface area contributed by atoms with E-state index in [0.717, 1.165) is 6.54 Å². The number of nitrogens with zero attached hydrogens (tertiary/aromatic N) is 3. The van der Waals surface area contributed by atoms with Crippen LogP contribution in [0.1, 0.15) is 13.8 Å². The van der Waals surface area contributed by atoms with Crippen molar-refractivity contribution in [3.63, 3.8) is 0 Å². The standard InChI is InChI=1S/C10H19N5O2/c1-4-11-8-13-9(12-5-7(2)6-16)15-10(14-8)17-3/h7,16H,4-6H2,1-3H3,(H2,11,12,13,14,15). The lowest BCUT2D eigenvalue weighted by Gasteiger charge is -2.11. The number of aliphatic hydroxyl groups excluding tert-OH is 1. The first kappa shape index (κ1) is 13.4. The summed E-state index contributed by atoms with van der Waals surface area (Å²) in [7, 11) is 1.51. The Labute approximate surface area is 101 Å². The summed E-state index contributed by atoms with van der Waals surface area (Å²) in [5.41, 5.74) is 0. The van der Waals surface area contributed by atoms with Gasteiger partial charge in [0.1, 0.15) is 0 Å². The van der Waals surface area contributed by atoms with E-state index >= 15 is 0 Å². The topological polar surface area (TPSA) is 92.2 Å². The summed E-state index contributed by atoms with van der Waals surface area (Å²) in [6.45, 7) is 5.32. The fraction of sp³-hybridized carbons (Fsp3) is 0.700. The fourth-order valence-corrected chi connectivity index (χ4v) is 1.09. The van der Waals surface area contributed by atoms with Gasteiger partial charge in [0, 0.05) is 19.7 Å². The molecule has 0 saturated carbocycles. The molecular weight excluding hydrogens is 222 g/mol. The van der Waals surface area contributed by atoms with Gasteiger partial charge in [-0.2, -0.15) is 15.0 Å². The molecule has 0 spiro atoms. The molecule has 3 N–H and O–H groups in total. The van der Waals surface area contributed by atoms with E-state index in [1.165, 1.54) is 7.11 Å². The van der Waals surface area contributed by atoms with Gasteiger partial charge < -0.3 is 20.5 Å². The van der Waals surface area contributed by atoms with Gasteiger partial charge in [0.05, 0.1) is 7.11 Å². The molecule has 0 bridgehead atoms. The third-order valence-electron chi connectivity index (χ3n) is 2.05. The molecule has 7 heteroatoms. The Hall–Kier alpha value is -1.63. The largest absolute Gasteiger partial charge is 0.467 e. The summed E-state index contributed by atoms with van der Waals surface area (Å²) >= 11 is 0. The third kappa shape index (κ3) is 4.39. The average molecular weight is 241 g/mol. The number of aromatic nitrogens is 3. The first-order valence-corrected chi connectivity index (χ1v) is 5.58. The molecule has 17 heavy (non-hydrogen) atoms. The van der Waals surface area contributed by atoms with Crippen molar-refractivity contribution in [2.45, 2.75) is 13.8 Å². The summed E-state index contributed by atoms with van der Waals surface area (Å²) in [5.74, 6) is 1.05. The maximum atomic E-state index is 8.92. The highest BCUT2D eigenvalue weighted by atomic mass is 16.5. The highest BCUT2D eigenvalue weighted by Gasteiger charge is 2.07. The number of hydrogen-bond donors (Lipinski definition) is 3. The molecule has 1 heterocycles. The van der Waals surface area contributed by atoms with Crippen LogP contribution in [0.4, 0.5) is 11.9 Å². The van der Waals surface area contributed by atoms with Crippen LogP contribution in [-0.2, 0) is 0 Å². The molecule has 1 atom stereocenters. The van der Waals surface area contributed by atoms with Gasteiger partial charge in [-0.3, -0.25) is 0 Å². The summed E-state index contributed by atoms with van der Waals surface area (Å²) < 4.78 is 4.98. The van der Waals surface area contributed by atoms with Gasteiger partial charge in [-0.1, -0.05) is 6.92 Å². The van der Waals surface area contributed by atoms with Crippen molar-refractivity contribution in [3.05, 3.63) is 0 Å². The Bertz CT molecular complexity index is 347. The van der Waals surface area contributed by atoms with Crippen molar-refractivity contribution in [1.82, 2.24) is 15.0 Å². The smallest absolute Gasteiger partial charge is 0.322 e. The Kier molecular flexibility index (Phi) is 5.41. The number of ether oxygens (including phenoxy) is 1. The highest BCUT2D eigenvalue weighted by Crippen LogP contribution is 2.10. The predicted octanol–water partition coefficient (Wildman–Crippen LogP) is 0.352. The lowest BCUT2D eigenvalue weighted by atomic mass is 10.2. The zero-order valence-corrected chi connectivity index (χ0v) is 10.4. The highest BCUT2D eigenvalue weighted by molar-refractivity contribution is 5.35. The average Bonchev–Trinajstić information content (AvgIpc) is 2.36. The molecule has 0 aliphatic heterocycles. The van der Waals surface area contributed by atoms with Crippen LogP contribution in [-0.4, -0.2) is 46.9 Å². The van der Waals surface area contributed by atoms with Gasteiger partial charge in [-0.15, -0.1) is 0 Å². The number of rotatable bonds is 7.